The fourth-order valence-corrected chi connectivity index (χ4v) is 2.38. The van der Waals surface area contributed by atoms with Crippen LogP contribution in [0.1, 0.15) is 38.1 Å². The summed E-state index contributed by atoms with van der Waals surface area (Å²) in [7, 11) is 1.79. The molecule has 98 valence electrons. The van der Waals surface area contributed by atoms with Crippen molar-refractivity contribution < 1.29 is 4.39 Å². The van der Waals surface area contributed by atoms with Crippen molar-refractivity contribution in [3.05, 3.63) is 16.4 Å². The molecule has 0 aromatic carbocycles. The SMILES string of the molecule is CCCC(F)(CN)Cc1c(Cl)c(CC)nn1C. The number of hydrogen-bond donors (Lipinski definition) is 1. The van der Waals surface area contributed by atoms with E-state index in [1.165, 1.54) is 0 Å². The maximum absolute atomic E-state index is 14.5. The van der Waals surface area contributed by atoms with E-state index in [1.807, 2.05) is 13.8 Å². The molecule has 1 heterocycles. The van der Waals surface area contributed by atoms with Gasteiger partial charge in [0.25, 0.3) is 0 Å². The van der Waals surface area contributed by atoms with E-state index in [1.54, 1.807) is 11.7 Å². The summed E-state index contributed by atoms with van der Waals surface area (Å²) in [5.74, 6) is 0. The van der Waals surface area contributed by atoms with Crippen LogP contribution < -0.4 is 5.73 Å². The van der Waals surface area contributed by atoms with Gasteiger partial charge in [-0.1, -0.05) is 31.9 Å². The first-order valence-electron chi connectivity index (χ1n) is 6.06. The Bertz CT molecular complexity index is 378. The lowest BCUT2D eigenvalue weighted by Crippen LogP contribution is -2.36. The molecule has 2 N–H and O–H groups in total. The number of hydrogen-bond acceptors (Lipinski definition) is 2. The predicted octanol–water partition coefficient (Wildman–Crippen LogP) is 2.65. The summed E-state index contributed by atoms with van der Waals surface area (Å²) in [6, 6.07) is 0. The van der Waals surface area contributed by atoms with Crippen molar-refractivity contribution in [3.8, 4) is 0 Å². The van der Waals surface area contributed by atoms with Gasteiger partial charge in [0.1, 0.15) is 5.67 Å². The molecule has 0 aliphatic rings. The third-order valence-corrected chi connectivity index (χ3v) is 3.49. The molecule has 0 aliphatic heterocycles. The first-order chi connectivity index (χ1) is 7.97. The fraction of sp³-hybridized carbons (Fsp3) is 0.750. The van der Waals surface area contributed by atoms with Gasteiger partial charge in [0.15, 0.2) is 0 Å². The second-order valence-electron chi connectivity index (χ2n) is 4.47. The van der Waals surface area contributed by atoms with Gasteiger partial charge in [0, 0.05) is 20.0 Å². The lowest BCUT2D eigenvalue weighted by Gasteiger charge is -2.23. The van der Waals surface area contributed by atoms with Crippen LogP contribution in [0.3, 0.4) is 0 Å². The Morgan fingerprint density at radius 3 is 2.53 bits per heavy atom. The van der Waals surface area contributed by atoms with Crippen molar-refractivity contribution in [2.24, 2.45) is 12.8 Å². The van der Waals surface area contributed by atoms with Crippen LogP contribution >= 0.6 is 11.6 Å². The van der Waals surface area contributed by atoms with Crippen LogP contribution in [0.4, 0.5) is 4.39 Å². The number of nitrogens with zero attached hydrogens (tertiary/aromatic N) is 2. The van der Waals surface area contributed by atoms with Crippen molar-refractivity contribution in [3.63, 3.8) is 0 Å². The molecule has 0 radical (unpaired) electrons. The molecule has 0 aliphatic carbocycles. The van der Waals surface area contributed by atoms with Crippen LogP contribution in [0, 0.1) is 0 Å². The molecule has 0 saturated heterocycles. The minimum atomic E-state index is -1.38. The molecule has 0 bridgehead atoms. The van der Waals surface area contributed by atoms with E-state index in [0.717, 1.165) is 24.2 Å². The largest absolute Gasteiger partial charge is 0.328 e. The highest BCUT2D eigenvalue weighted by Crippen LogP contribution is 2.28. The van der Waals surface area contributed by atoms with Gasteiger partial charge < -0.3 is 5.73 Å². The number of aromatic nitrogens is 2. The Morgan fingerprint density at radius 2 is 2.12 bits per heavy atom. The predicted molar refractivity (Wildman–Crippen MR) is 69.1 cm³/mol. The molecular weight excluding hydrogens is 241 g/mol. The molecule has 5 heteroatoms. The summed E-state index contributed by atoms with van der Waals surface area (Å²) < 4.78 is 16.1. The van der Waals surface area contributed by atoms with Gasteiger partial charge >= 0.3 is 0 Å². The molecule has 1 aromatic heterocycles. The zero-order valence-electron chi connectivity index (χ0n) is 10.8. The van der Waals surface area contributed by atoms with Gasteiger partial charge in [-0.25, -0.2) is 4.39 Å². The molecular formula is C12H21ClFN3. The van der Waals surface area contributed by atoms with Crippen LogP contribution in [-0.2, 0) is 19.9 Å². The zero-order chi connectivity index (χ0) is 13.1. The van der Waals surface area contributed by atoms with Gasteiger partial charge in [-0.3, -0.25) is 4.68 Å². The van der Waals surface area contributed by atoms with Crippen molar-refractivity contribution >= 4 is 11.6 Å². The van der Waals surface area contributed by atoms with Gasteiger partial charge in [-0.05, 0) is 12.8 Å². The number of nitrogens with two attached hydrogens (primary N) is 1. The minimum Gasteiger partial charge on any atom is -0.328 e. The maximum Gasteiger partial charge on any atom is 0.128 e. The van der Waals surface area contributed by atoms with E-state index < -0.39 is 5.67 Å². The molecule has 1 aromatic rings. The van der Waals surface area contributed by atoms with Crippen LogP contribution in [0.2, 0.25) is 5.02 Å². The number of alkyl halides is 1. The average molecular weight is 262 g/mol. The van der Waals surface area contributed by atoms with E-state index in [4.69, 9.17) is 17.3 Å². The standard InChI is InChI=1S/C12H21ClFN3/c1-4-6-12(14,8-15)7-10-11(13)9(5-2)16-17(10)3/h4-8,15H2,1-3H3. The summed E-state index contributed by atoms with van der Waals surface area (Å²) >= 11 is 6.20. The Morgan fingerprint density at radius 1 is 1.47 bits per heavy atom. The van der Waals surface area contributed by atoms with E-state index in [-0.39, 0.29) is 13.0 Å². The molecule has 17 heavy (non-hydrogen) atoms. The highest BCUT2D eigenvalue weighted by atomic mass is 35.5. The molecule has 1 unspecified atom stereocenters. The van der Waals surface area contributed by atoms with Crippen LogP contribution in [0.25, 0.3) is 0 Å². The number of halogens is 2. The number of rotatable bonds is 6. The maximum atomic E-state index is 14.5. The summed E-state index contributed by atoms with van der Waals surface area (Å²) in [6.45, 7) is 3.95. The van der Waals surface area contributed by atoms with E-state index in [2.05, 4.69) is 5.10 Å². The summed E-state index contributed by atoms with van der Waals surface area (Å²) in [5, 5.41) is 4.87. The second kappa shape index (κ2) is 5.83. The third kappa shape index (κ3) is 3.19. The first kappa shape index (κ1) is 14.5. The lowest BCUT2D eigenvalue weighted by molar-refractivity contribution is 0.155. The highest BCUT2D eigenvalue weighted by Gasteiger charge is 2.30. The van der Waals surface area contributed by atoms with Gasteiger partial charge in [-0.2, -0.15) is 5.10 Å². The normalized spacial score (nSPS) is 14.9. The van der Waals surface area contributed by atoms with Gasteiger partial charge in [-0.15, -0.1) is 0 Å². The van der Waals surface area contributed by atoms with Gasteiger partial charge in [0.2, 0.25) is 0 Å². The fourth-order valence-electron chi connectivity index (χ4n) is 2.02. The highest BCUT2D eigenvalue weighted by molar-refractivity contribution is 6.31. The molecule has 0 amide bonds. The molecule has 3 nitrogen and oxygen atoms in total. The molecule has 1 rings (SSSR count). The lowest BCUT2D eigenvalue weighted by atomic mass is 9.94. The Kier molecular flexibility index (Phi) is 4.95. The average Bonchev–Trinajstić information content (AvgIpc) is 2.57. The quantitative estimate of drug-likeness (QED) is 0.856. The minimum absolute atomic E-state index is 0.0177. The summed E-state index contributed by atoms with van der Waals surface area (Å²) in [5.41, 5.74) is 5.72. The Hall–Kier alpha value is -0.610. The summed E-state index contributed by atoms with van der Waals surface area (Å²) in [4.78, 5) is 0. The van der Waals surface area contributed by atoms with E-state index >= 15 is 0 Å². The van der Waals surface area contributed by atoms with Crippen LogP contribution in [-0.4, -0.2) is 22.0 Å². The molecule has 0 spiro atoms. The van der Waals surface area contributed by atoms with Crippen molar-refractivity contribution in [2.45, 2.75) is 45.2 Å². The third-order valence-electron chi connectivity index (χ3n) is 3.05. The topological polar surface area (TPSA) is 43.8 Å². The molecule has 0 saturated carbocycles. The Balaban J connectivity index is 2.97. The van der Waals surface area contributed by atoms with Gasteiger partial charge in [0.05, 0.1) is 16.4 Å². The van der Waals surface area contributed by atoms with E-state index in [0.29, 0.717) is 11.4 Å². The van der Waals surface area contributed by atoms with Crippen molar-refractivity contribution in [1.29, 1.82) is 0 Å². The smallest absolute Gasteiger partial charge is 0.128 e. The zero-order valence-corrected chi connectivity index (χ0v) is 11.5. The monoisotopic (exact) mass is 261 g/mol. The van der Waals surface area contributed by atoms with E-state index in [9.17, 15) is 4.39 Å². The molecule has 1 atom stereocenters. The summed E-state index contributed by atoms with van der Waals surface area (Å²) in [6.07, 6.45) is 2.21. The number of aryl methyl sites for hydroxylation is 2. The molecule has 0 fully saturated rings. The van der Waals surface area contributed by atoms with Crippen LogP contribution in [0.5, 0.6) is 0 Å². The van der Waals surface area contributed by atoms with Crippen molar-refractivity contribution in [2.75, 3.05) is 6.54 Å². The second-order valence-corrected chi connectivity index (χ2v) is 4.84. The van der Waals surface area contributed by atoms with Crippen molar-refractivity contribution in [1.82, 2.24) is 9.78 Å². The van der Waals surface area contributed by atoms with Crippen LogP contribution in [0.15, 0.2) is 0 Å². The first-order valence-corrected chi connectivity index (χ1v) is 6.44. The Labute approximate surface area is 107 Å².